The normalized spacial score (nSPS) is 16.5. The molecule has 1 saturated heterocycles. The minimum atomic E-state index is -3.86. The third-order valence-electron chi connectivity index (χ3n) is 6.24. The first-order valence-corrected chi connectivity index (χ1v) is 14.1. The van der Waals surface area contributed by atoms with Crippen LogP contribution in [0.3, 0.4) is 0 Å². The summed E-state index contributed by atoms with van der Waals surface area (Å²) in [4.78, 5) is 28.8. The standard InChI is InChI=1S/C25H27ClN4O5S2/c1-28(2)24(27)16-4-6-17(7-5-16)25(32)30-11-10-29(15-20(30)14-22(31)35-3)37(33,34)23-12-18-8-9-19(26)13-21(18)36-23/h4-9,12-13,20,27H,10-11,14-15H2,1-3H3. The minimum Gasteiger partial charge on any atom is -0.469 e. The maximum Gasteiger partial charge on any atom is 0.307 e. The Kier molecular flexibility index (Phi) is 7.88. The highest BCUT2D eigenvalue weighted by atomic mass is 35.5. The molecule has 1 aliphatic rings. The highest BCUT2D eigenvalue weighted by Gasteiger charge is 2.38. The van der Waals surface area contributed by atoms with Crippen LogP contribution >= 0.6 is 22.9 Å². The van der Waals surface area contributed by atoms with Gasteiger partial charge in [-0.2, -0.15) is 4.31 Å². The molecule has 0 bridgehead atoms. The molecule has 37 heavy (non-hydrogen) atoms. The molecule has 0 saturated carbocycles. The number of hydrogen-bond donors (Lipinski definition) is 1. The second-order valence-corrected chi connectivity index (χ2v) is 12.5. The molecule has 3 aromatic rings. The topological polar surface area (TPSA) is 111 Å². The van der Waals surface area contributed by atoms with Crippen molar-refractivity contribution in [3.63, 3.8) is 0 Å². The molecule has 2 aromatic carbocycles. The highest BCUT2D eigenvalue weighted by Crippen LogP contribution is 2.33. The Labute approximate surface area is 224 Å². The van der Waals surface area contributed by atoms with Crippen molar-refractivity contribution >= 4 is 60.8 Å². The van der Waals surface area contributed by atoms with Crippen LogP contribution in [0.5, 0.6) is 0 Å². The third kappa shape index (κ3) is 5.64. The van der Waals surface area contributed by atoms with Crippen molar-refractivity contribution in [2.75, 3.05) is 40.8 Å². The lowest BCUT2D eigenvalue weighted by Crippen LogP contribution is -2.57. The Balaban J connectivity index is 1.58. The van der Waals surface area contributed by atoms with Crippen LogP contribution in [-0.2, 0) is 19.6 Å². The molecule has 0 radical (unpaired) electrons. The summed E-state index contributed by atoms with van der Waals surface area (Å²) in [6.45, 7) is 0.164. The van der Waals surface area contributed by atoms with Gasteiger partial charge in [-0.1, -0.05) is 29.8 Å². The van der Waals surface area contributed by atoms with E-state index >= 15 is 0 Å². The number of piperazine rings is 1. The number of carbonyl (C=O) groups excluding carboxylic acids is 2. The van der Waals surface area contributed by atoms with E-state index in [1.165, 1.54) is 16.3 Å². The fourth-order valence-electron chi connectivity index (χ4n) is 4.19. The number of nitrogens with zero attached hydrogens (tertiary/aromatic N) is 3. The number of hydrogen-bond acceptors (Lipinski definition) is 7. The number of amidine groups is 1. The number of rotatable bonds is 6. The van der Waals surface area contributed by atoms with E-state index in [0.717, 1.165) is 21.4 Å². The molecule has 0 spiro atoms. The van der Waals surface area contributed by atoms with Crippen LogP contribution in [0.1, 0.15) is 22.3 Å². The lowest BCUT2D eigenvalue weighted by atomic mass is 10.1. The highest BCUT2D eigenvalue weighted by molar-refractivity contribution is 7.91. The fourth-order valence-corrected chi connectivity index (χ4v) is 7.49. The molecule has 196 valence electrons. The molecular formula is C25H27ClN4O5S2. The quantitative estimate of drug-likeness (QED) is 0.279. The summed E-state index contributed by atoms with van der Waals surface area (Å²) in [6.07, 6.45) is -0.139. The molecular weight excluding hydrogens is 536 g/mol. The zero-order valence-corrected chi connectivity index (χ0v) is 23.0. The van der Waals surface area contributed by atoms with Crippen molar-refractivity contribution < 1.29 is 22.7 Å². The van der Waals surface area contributed by atoms with Crippen LogP contribution in [0.25, 0.3) is 10.1 Å². The van der Waals surface area contributed by atoms with E-state index in [0.29, 0.717) is 22.0 Å². The number of sulfonamides is 1. The maximum absolute atomic E-state index is 13.5. The second kappa shape index (κ2) is 10.8. The number of esters is 1. The fraction of sp³-hybridized carbons (Fsp3) is 0.320. The van der Waals surface area contributed by atoms with Crippen LogP contribution < -0.4 is 0 Å². The molecule has 1 atom stereocenters. The summed E-state index contributed by atoms with van der Waals surface area (Å²) >= 11 is 7.19. The second-order valence-electron chi connectivity index (χ2n) is 8.86. The van der Waals surface area contributed by atoms with Gasteiger partial charge in [0.1, 0.15) is 10.0 Å². The largest absolute Gasteiger partial charge is 0.469 e. The predicted octanol–water partition coefficient (Wildman–Crippen LogP) is 3.52. The summed E-state index contributed by atoms with van der Waals surface area (Å²) in [5, 5.41) is 9.40. The van der Waals surface area contributed by atoms with Crippen molar-refractivity contribution in [1.82, 2.24) is 14.1 Å². The molecule has 2 heterocycles. The van der Waals surface area contributed by atoms with Gasteiger partial charge >= 0.3 is 5.97 Å². The van der Waals surface area contributed by atoms with Crippen molar-refractivity contribution in [1.29, 1.82) is 5.41 Å². The van der Waals surface area contributed by atoms with E-state index in [1.54, 1.807) is 67.5 Å². The molecule has 1 amide bonds. The minimum absolute atomic E-state index is 0.0401. The molecule has 1 unspecified atom stereocenters. The molecule has 1 aromatic heterocycles. The summed E-state index contributed by atoms with van der Waals surface area (Å²) in [7, 11) is 0.926. The average Bonchev–Trinajstić information content (AvgIpc) is 3.32. The average molecular weight is 563 g/mol. The van der Waals surface area contributed by atoms with E-state index < -0.39 is 22.0 Å². The van der Waals surface area contributed by atoms with Crippen molar-refractivity contribution in [2.45, 2.75) is 16.7 Å². The smallest absolute Gasteiger partial charge is 0.307 e. The molecule has 1 fully saturated rings. The Morgan fingerprint density at radius 3 is 2.43 bits per heavy atom. The van der Waals surface area contributed by atoms with Gasteiger partial charge in [0.15, 0.2) is 0 Å². The Morgan fingerprint density at radius 1 is 1.11 bits per heavy atom. The number of nitrogens with one attached hydrogen (secondary N) is 1. The van der Waals surface area contributed by atoms with Crippen LogP contribution in [0.15, 0.2) is 52.7 Å². The first kappa shape index (κ1) is 27.1. The Hall–Kier alpha value is -2.99. The van der Waals surface area contributed by atoms with E-state index in [9.17, 15) is 18.0 Å². The summed E-state index contributed by atoms with van der Waals surface area (Å²) < 4.78 is 34.1. The molecule has 9 nitrogen and oxygen atoms in total. The van der Waals surface area contributed by atoms with E-state index in [1.807, 2.05) is 0 Å². The zero-order valence-electron chi connectivity index (χ0n) is 20.6. The van der Waals surface area contributed by atoms with E-state index in [-0.39, 0.29) is 36.2 Å². The van der Waals surface area contributed by atoms with E-state index in [2.05, 4.69) is 0 Å². The number of halogens is 1. The molecule has 4 rings (SSSR count). The number of carbonyl (C=O) groups is 2. The van der Waals surface area contributed by atoms with Gasteiger partial charge in [-0.25, -0.2) is 8.42 Å². The number of thiophene rings is 1. The number of methoxy groups -OCH3 is 1. The van der Waals surface area contributed by atoms with Crippen molar-refractivity contribution in [3.05, 3.63) is 64.7 Å². The van der Waals surface area contributed by atoms with Crippen molar-refractivity contribution in [2.24, 2.45) is 0 Å². The van der Waals surface area contributed by atoms with Crippen molar-refractivity contribution in [3.8, 4) is 0 Å². The maximum atomic E-state index is 13.5. The summed E-state index contributed by atoms with van der Waals surface area (Å²) in [6, 6.07) is 12.8. The van der Waals surface area contributed by atoms with Crippen LogP contribution in [-0.4, -0.2) is 87.1 Å². The molecule has 12 heteroatoms. The van der Waals surface area contributed by atoms with Gasteiger partial charge in [0.25, 0.3) is 15.9 Å². The molecule has 1 aliphatic heterocycles. The monoisotopic (exact) mass is 562 g/mol. The predicted molar refractivity (Wildman–Crippen MR) is 144 cm³/mol. The van der Waals surface area contributed by atoms with Crippen LogP contribution in [0.2, 0.25) is 5.02 Å². The SMILES string of the molecule is COC(=O)CC1CN(S(=O)(=O)c2cc3ccc(Cl)cc3s2)CCN1C(=O)c1ccc(C(=N)N(C)C)cc1. The molecule has 0 aliphatic carbocycles. The first-order chi connectivity index (χ1) is 17.5. The number of benzene rings is 2. The third-order valence-corrected chi connectivity index (χ3v) is 9.89. The Morgan fingerprint density at radius 2 is 1.78 bits per heavy atom. The van der Waals surface area contributed by atoms with Gasteiger partial charge in [0.05, 0.1) is 19.6 Å². The Bertz CT molecular complexity index is 1450. The van der Waals surface area contributed by atoms with Gasteiger partial charge in [-0.05, 0) is 35.7 Å². The molecule has 1 N–H and O–H groups in total. The number of fused-ring (bicyclic) bond motifs is 1. The lowest BCUT2D eigenvalue weighted by Gasteiger charge is -2.40. The van der Waals surface area contributed by atoms with Crippen LogP contribution in [0, 0.1) is 5.41 Å². The summed E-state index contributed by atoms with van der Waals surface area (Å²) in [5.41, 5.74) is 1.05. The van der Waals surface area contributed by atoms with Gasteiger partial charge in [0.2, 0.25) is 0 Å². The first-order valence-electron chi connectivity index (χ1n) is 11.4. The number of amides is 1. The number of ether oxygens (including phenoxy) is 1. The van der Waals surface area contributed by atoms with Gasteiger partial charge in [0, 0.05) is 54.6 Å². The van der Waals surface area contributed by atoms with Gasteiger partial charge in [-0.3, -0.25) is 15.0 Å². The van der Waals surface area contributed by atoms with Crippen LogP contribution in [0.4, 0.5) is 0 Å². The lowest BCUT2D eigenvalue weighted by molar-refractivity contribution is -0.142. The zero-order chi connectivity index (χ0) is 26.9. The summed E-state index contributed by atoms with van der Waals surface area (Å²) in [5.74, 6) is -0.538. The van der Waals surface area contributed by atoms with E-state index in [4.69, 9.17) is 21.7 Å². The van der Waals surface area contributed by atoms with Gasteiger partial charge < -0.3 is 14.5 Å². The van der Waals surface area contributed by atoms with Gasteiger partial charge in [-0.15, -0.1) is 11.3 Å².